The van der Waals surface area contributed by atoms with Crippen LogP contribution in [-0.4, -0.2) is 39.4 Å². The zero-order valence-corrected chi connectivity index (χ0v) is 12.7. The van der Waals surface area contributed by atoms with Gasteiger partial charge in [-0.3, -0.25) is 0 Å². The van der Waals surface area contributed by atoms with Crippen molar-refractivity contribution in [3.05, 3.63) is 29.3 Å². The molecular formula is C15H19NO4S. The second kappa shape index (κ2) is 7.05. The van der Waals surface area contributed by atoms with Crippen molar-refractivity contribution in [3.63, 3.8) is 0 Å². The van der Waals surface area contributed by atoms with Crippen LogP contribution in [0.2, 0.25) is 0 Å². The number of hydrogen-bond acceptors (Lipinski definition) is 4. The standard InChI is InChI=1S/C15H19NO4S/c1-12-4-5-15(13(11-12)3-2-8-17)21(18,19)16-14-6-9-20-10-7-14/h4-5,11,14,16-17H,6-10H2,1H3. The first-order valence-electron chi connectivity index (χ1n) is 6.83. The van der Waals surface area contributed by atoms with Gasteiger partial charge < -0.3 is 9.84 Å². The molecule has 1 fully saturated rings. The van der Waals surface area contributed by atoms with Crippen molar-refractivity contribution in [1.29, 1.82) is 0 Å². The highest BCUT2D eigenvalue weighted by Gasteiger charge is 2.24. The monoisotopic (exact) mass is 309 g/mol. The lowest BCUT2D eigenvalue weighted by Gasteiger charge is -2.23. The van der Waals surface area contributed by atoms with Crippen molar-refractivity contribution in [1.82, 2.24) is 4.72 Å². The molecule has 1 heterocycles. The smallest absolute Gasteiger partial charge is 0.242 e. The van der Waals surface area contributed by atoms with Crippen LogP contribution in [0.3, 0.4) is 0 Å². The highest BCUT2D eigenvalue weighted by Crippen LogP contribution is 2.18. The van der Waals surface area contributed by atoms with Crippen LogP contribution >= 0.6 is 0 Å². The van der Waals surface area contributed by atoms with Crippen LogP contribution in [0.4, 0.5) is 0 Å². The maximum atomic E-state index is 12.5. The van der Waals surface area contributed by atoms with Gasteiger partial charge in [-0.05, 0) is 37.5 Å². The zero-order chi connectivity index (χ0) is 15.3. The number of aliphatic hydroxyl groups is 1. The van der Waals surface area contributed by atoms with Crippen LogP contribution in [0, 0.1) is 18.8 Å². The Hall–Kier alpha value is -1.39. The van der Waals surface area contributed by atoms with Crippen LogP contribution in [-0.2, 0) is 14.8 Å². The van der Waals surface area contributed by atoms with Gasteiger partial charge in [0.25, 0.3) is 0 Å². The number of benzene rings is 1. The Morgan fingerprint density at radius 1 is 1.38 bits per heavy atom. The van der Waals surface area contributed by atoms with E-state index in [1.54, 1.807) is 18.2 Å². The minimum atomic E-state index is -3.63. The molecule has 2 rings (SSSR count). The maximum Gasteiger partial charge on any atom is 0.242 e. The Bertz CT molecular complexity index is 652. The topological polar surface area (TPSA) is 75.6 Å². The zero-order valence-electron chi connectivity index (χ0n) is 11.9. The lowest BCUT2D eigenvalue weighted by molar-refractivity contribution is 0.0832. The Labute approximate surface area is 125 Å². The minimum Gasteiger partial charge on any atom is -0.384 e. The summed E-state index contributed by atoms with van der Waals surface area (Å²) in [6.07, 6.45) is 1.34. The molecule has 1 aromatic rings. The van der Waals surface area contributed by atoms with Crippen LogP contribution < -0.4 is 4.72 Å². The summed E-state index contributed by atoms with van der Waals surface area (Å²) >= 11 is 0. The molecule has 0 aromatic heterocycles. The number of sulfonamides is 1. The number of aryl methyl sites for hydroxylation is 1. The van der Waals surface area contributed by atoms with E-state index in [1.165, 1.54) is 0 Å². The van der Waals surface area contributed by atoms with E-state index in [2.05, 4.69) is 16.6 Å². The molecule has 0 radical (unpaired) electrons. The third kappa shape index (κ3) is 4.29. The summed E-state index contributed by atoms with van der Waals surface area (Å²) in [5.74, 6) is 5.20. The Morgan fingerprint density at radius 2 is 2.10 bits per heavy atom. The number of aliphatic hydroxyl groups excluding tert-OH is 1. The molecule has 0 saturated carbocycles. The van der Waals surface area contributed by atoms with Crippen molar-refractivity contribution < 1.29 is 18.3 Å². The van der Waals surface area contributed by atoms with Crippen LogP contribution in [0.25, 0.3) is 0 Å². The molecular weight excluding hydrogens is 290 g/mol. The van der Waals surface area contributed by atoms with E-state index in [0.29, 0.717) is 31.6 Å². The molecule has 0 amide bonds. The quantitative estimate of drug-likeness (QED) is 0.810. The summed E-state index contributed by atoms with van der Waals surface area (Å²) < 4.78 is 33.0. The summed E-state index contributed by atoms with van der Waals surface area (Å²) in [5.41, 5.74) is 1.32. The molecule has 1 aliphatic rings. The fraction of sp³-hybridized carbons (Fsp3) is 0.467. The van der Waals surface area contributed by atoms with E-state index in [0.717, 1.165) is 5.56 Å². The molecule has 2 N–H and O–H groups in total. The normalized spacial score (nSPS) is 16.3. The van der Waals surface area contributed by atoms with Gasteiger partial charge in [-0.25, -0.2) is 13.1 Å². The fourth-order valence-electron chi connectivity index (χ4n) is 2.21. The minimum absolute atomic E-state index is 0.108. The van der Waals surface area contributed by atoms with Gasteiger partial charge in [0.05, 0.1) is 4.90 Å². The molecule has 1 aromatic carbocycles. The number of hydrogen-bond donors (Lipinski definition) is 2. The molecule has 0 unspecified atom stereocenters. The van der Waals surface area contributed by atoms with Crippen molar-refractivity contribution >= 4 is 10.0 Å². The molecule has 1 saturated heterocycles. The Morgan fingerprint density at radius 3 is 2.76 bits per heavy atom. The van der Waals surface area contributed by atoms with Gasteiger partial charge in [0.2, 0.25) is 10.0 Å². The second-order valence-electron chi connectivity index (χ2n) is 4.97. The second-order valence-corrected chi connectivity index (χ2v) is 6.65. The first-order valence-corrected chi connectivity index (χ1v) is 8.32. The Kier molecular flexibility index (Phi) is 5.37. The fourth-order valence-corrected chi connectivity index (χ4v) is 3.66. The predicted octanol–water partition coefficient (Wildman–Crippen LogP) is 0.796. The van der Waals surface area contributed by atoms with Gasteiger partial charge in [-0.15, -0.1) is 0 Å². The lowest BCUT2D eigenvalue weighted by atomic mass is 10.1. The number of rotatable bonds is 3. The molecule has 0 aliphatic carbocycles. The van der Waals surface area contributed by atoms with Gasteiger partial charge in [-0.2, -0.15) is 0 Å². The van der Waals surface area contributed by atoms with Crippen molar-refractivity contribution in [2.45, 2.75) is 30.7 Å². The summed E-state index contributed by atoms with van der Waals surface area (Å²) in [6, 6.07) is 4.89. The average Bonchev–Trinajstić information content (AvgIpc) is 2.45. The van der Waals surface area contributed by atoms with E-state index in [1.807, 2.05) is 6.92 Å². The summed E-state index contributed by atoms with van der Waals surface area (Å²) in [5, 5.41) is 8.80. The van der Waals surface area contributed by atoms with Gasteiger partial charge in [-0.1, -0.05) is 17.9 Å². The molecule has 6 heteroatoms. The van der Waals surface area contributed by atoms with E-state index in [4.69, 9.17) is 9.84 Å². The molecule has 114 valence electrons. The Balaban J connectivity index is 2.30. The highest BCUT2D eigenvalue weighted by molar-refractivity contribution is 7.89. The number of nitrogens with one attached hydrogen (secondary N) is 1. The third-order valence-corrected chi connectivity index (χ3v) is 4.85. The SMILES string of the molecule is Cc1ccc(S(=O)(=O)NC2CCOCC2)c(C#CCO)c1. The third-order valence-electron chi connectivity index (χ3n) is 3.27. The van der Waals surface area contributed by atoms with Gasteiger partial charge in [0, 0.05) is 24.8 Å². The van der Waals surface area contributed by atoms with Gasteiger partial charge in [0.1, 0.15) is 6.61 Å². The van der Waals surface area contributed by atoms with Crippen LogP contribution in [0.15, 0.2) is 23.1 Å². The van der Waals surface area contributed by atoms with Crippen molar-refractivity contribution in [3.8, 4) is 11.8 Å². The lowest BCUT2D eigenvalue weighted by Crippen LogP contribution is -2.39. The summed E-state index contributed by atoms with van der Waals surface area (Å²) in [6.45, 7) is 2.70. The van der Waals surface area contributed by atoms with E-state index < -0.39 is 10.0 Å². The highest BCUT2D eigenvalue weighted by atomic mass is 32.2. The summed E-state index contributed by atoms with van der Waals surface area (Å²) in [4.78, 5) is 0.153. The molecule has 0 bridgehead atoms. The van der Waals surface area contributed by atoms with Crippen molar-refractivity contribution in [2.75, 3.05) is 19.8 Å². The molecule has 21 heavy (non-hydrogen) atoms. The predicted molar refractivity (Wildman–Crippen MR) is 79.3 cm³/mol. The first kappa shape index (κ1) is 16.0. The molecule has 0 atom stereocenters. The molecule has 1 aliphatic heterocycles. The van der Waals surface area contributed by atoms with E-state index >= 15 is 0 Å². The van der Waals surface area contributed by atoms with Gasteiger partial charge in [0.15, 0.2) is 0 Å². The average molecular weight is 309 g/mol. The summed E-state index contributed by atoms with van der Waals surface area (Å²) in [7, 11) is -3.63. The van der Waals surface area contributed by atoms with E-state index in [9.17, 15) is 8.42 Å². The van der Waals surface area contributed by atoms with E-state index in [-0.39, 0.29) is 17.5 Å². The van der Waals surface area contributed by atoms with Crippen LogP contribution in [0.5, 0.6) is 0 Å². The number of ether oxygens (including phenoxy) is 1. The maximum absolute atomic E-state index is 12.5. The first-order chi connectivity index (χ1) is 10.0. The largest absolute Gasteiger partial charge is 0.384 e. The molecule has 5 nitrogen and oxygen atoms in total. The molecule has 0 spiro atoms. The van der Waals surface area contributed by atoms with Crippen molar-refractivity contribution in [2.24, 2.45) is 0 Å². The van der Waals surface area contributed by atoms with Crippen LogP contribution in [0.1, 0.15) is 24.0 Å². The van der Waals surface area contributed by atoms with Gasteiger partial charge >= 0.3 is 0 Å².